The molecular weight excluding hydrogens is 598 g/mol. The number of rotatable bonds is 9. The number of hydrogen-bond donors (Lipinski definition) is 3. The van der Waals surface area contributed by atoms with E-state index >= 15 is 8.78 Å². The lowest BCUT2D eigenvalue weighted by molar-refractivity contribution is -0.190. The van der Waals surface area contributed by atoms with Crippen LogP contribution in [0.25, 0.3) is 0 Å². The fourth-order valence-corrected chi connectivity index (χ4v) is 6.12. The number of halogens is 4. The summed E-state index contributed by atoms with van der Waals surface area (Å²) in [5, 5.41) is 25.4. The van der Waals surface area contributed by atoms with Crippen LogP contribution in [0.3, 0.4) is 0 Å². The van der Waals surface area contributed by atoms with E-state index in [0.29, 0.717) is 5.01 Å². The molecule has 0 saturated carbocycles. The number of carbonyl (C=O) groups excluding carboxylic acids is 1. The summed E-state index contributed by atoms with van der Waals surface area (Å²) in [6.07, 6.45) is 1.17. The van der Waals surface area contributed by atoms with Gasteiger partial charge in [0.2, 0.25) is 0 Å². The SMILES string of the molecule is COC(=O)C1=C(CN2CC(F)(F)[C@@H]3[C@H]2CON3CC[C@@](C)(O)C(=O)O)NC(c2nccs2)=N[C@H]1c1ccc(F)c(F)c1C. The number of carbonyl (C=O) groups is 2. The van der Waals surface area contributed by atoms with Gasteiger partial charge in [-0.3, -0.25) is 14.7 Å². The third-order valence-corrected chi connectivity index (χ3v) is 8.66. The molecule has 0 radical (unpaired) electrons. The van der Waals surface area contributed by atoms with Gasteiger partial charge in [0, 0.05) is 36.8 Å². The smallest absolute Gasteiger partial charge is 0.338 e. The quantitative estimate of drug-likeness (QED) is 0.281. The van der Waals surface area contributed by atoms with Crippen LogP contribution < -0.4 is 5.32 Å². The average Bonchev–Trinajstić information content (AvgIpc) is 3.69. The van der Waals surface area contributed by atoms with Gasteiger partial charge in [0.25, 0.3) is 5.92 Å². The molecule has 5 rings (SSSR count). The number of alkyl halides is 2. The number of hydrogen-bond acceptors (Lipinski definition) is 11. The van der Waals surface area contributed by atoms with Crippen LogP contribution in [-0.2, 0) is 19.2 Å². The largest absolute Gasteiger partial charge is 0.479 e. The number of aromatic nitrogens is 1. The number of ether oxygens (including phenoxy) is 1. The van der Waals surface area contributed by atoms with E-state index in [-0.39, 0.29) is 54.3 Å². The summed E-state index contributed by atoms with van der Waals surface area (Å²) in [6, 6.07) is -1.28. The number of nitrogens with one attached hydrogen (secondary N) is 1. The Labute approximate surface area is 247 Å². The molecule has 0 amide bonds. The zero-order valence-electron chi connectivity index (χ0n) is 23.3. The Balaban J connectivity index is 1.51. The summed E-state index contributed by atoms with van der Waals surface area (Å²) >= 11 is 1.22. The van der Waals surface area contributed by atoms with Crippen molar-refractivity contribution in [2.75, 3.05) is 33.4 Å². The van der Waals surface area contributed by atoms with Gasteiger partial charge < -0.3 is 20.3 Å². The Bertz CT molecular complexity index is 1480. The molecule has 0 spiro atoms. The van der Waals surface area contributed by atoms with Gasteiger partial charge in [0.1, 0.15) is 12.1 Å². The zero-order chi connectivity index (χ0) is 31.3. The van der Waals surface area contributed by atoms with E-state index in [4.69, 9.17) is 9.57 Å². The Morgan fingerprint density at radius 3 is 2.72 bits per heavy atom. The van der Waals surface area contributed by atoms with Crippen molar-refractivity contribution in [2.24, 2.45) is 4.99 Å². The average molecular weight is 628 g/mol. The van der Waals surface area contributed by atoms with Gasteiger partial charge in [-0.2, -0.15) is 5.06 Å². The first kappa shape index (κ1) is 31.0. The van der Waals surface area contributed by atoms with Crippen LogP contribution in [0, 0.1) is 18.6 Å². The number of carboxylic acids is 1. The fourth-order valence-electron chi connectivity index (χ4n) is 5.54. The minimum Gasteiger partial charge on any atom is -0.479 e. The first-order valence-electron chi connectivity index (χ1n) is 13.2. The Morgan fingerprint density at radius 2 is 2.07 bits per heavy atom. The Hall–Kier alpha value is -3.44. The van der Waals surface area contributed by atoms with Crippen molar-refractivity contribution in [3.05, 3.63) is 62.7 Å². The number of fused-ring (bicyclic) bond motifs is 1. The van der Waals surface area contributed by atoms with Crippen LogP contribution in [0.1, 0.15) is 35.5 Å². The third kappa shape index (κ3) is 5.76. The van der Waals surface area contributed by atoms with E-state index in [9.17, 15) is 28.6 Å². The number of aliphatic carboxylic acids is 1. The summed E-state index contributed by atoms with van der Waals surface area (Å²) < 4.78 is 64.6. The number of thiazole rings is 1. The zero-order valence-corrected chi connectivity index (χ0v) is 24.1. The van der Waals surface area contributed by atoms with Crippen LogP contribution in [0.15, 0.2) is 40.0 Å². The molecule has 1 aromatic carbocycles. The highest BCUT2D eigenvalue weighted by molar-refractivity contribution is 7.11. The summed E-state index contributed by atoms with van der Waals surface area (Å²) in [4.78, 5) is 40.3. The number of nitrogens with zero attached hydrogens (tertiary/aromatic N) is 4. The monoisotopic (exact) mass is 627 g/mol. The highest BCUT2D eigenvalue weighted by atomic mass is 32.1. The lowest BCUT2D eigenvalue weighted by Gasteiger charge is -2.31. The molecule has 4 heterocycles. The number of aliphatic imine (C=N–C) groups is 1. The molecule has 2 fully saturated rings. The molecular formula is C27H29F4N5O6S. The maximum atomic E-state index is 15.5. The maximum Gasteiger partial charge on any atom is 0.338 e. The first-order chi connectivity index (χ1) is 20.2. The van der Waals surface area contributed by atoms with Crippen LogP contribution in [-0.4, -0.2) is 99.9 Å². The standard InChI is InChI=1S/C27H29F4N5O6S/c1-13-14(4-5-15(28)19(13)29)20-18(24(37)41-3)16(33-22(34-20)23-32-7-9-43-23)10-35-12-27(30,31)21-17(35)11-42-36(21)8-6-26(2,40)25(38)39/h4-5,7,9,17,20-21,40H,6,8,10-12H2,1-3H3,(H,33,34)(H,38,39)/t17-,20+,21+,26-/m1/s1. The van der Waals surface area contributed by atoms with E-state index in [1.807, 2.05) is 0 Å². The maximum absolute atomic E-state index is 15.5. The summed E-state index contributed by atoms with van der Waals surface area (Å²) in [5.41, 5.74) is -1.96. The van der Waals surface area contributed by atoms with Crippen molar-refractivity contribution in [3.8, 4) is 0 Å². The molecule has 3 aliphatic heterocycles. The number of likely N-dealkylation sites (tertiary alicyclic amines) is 1. The van der Waals surface area contributed by atoms with Crippen LogP contribution in [0.4, 0.5) is 17.6 Å². The Morgan fingerprint density at radius 1 is 1.33 bits per heavy atom. The molecule has 16 heteroatoms. The second-order valence-corrected chi connectivity index (χ2v) is 11.6. The number of carboxylic acid groups (broad SMARTS) is 1. The topological polar surface area (TPSA) is 137 Å². The molecule has 2 saturated heterocycles. The van der Waals surface area contributed by atoms with E-state index in [0.717, 1.165) is 25.2 Å². The van der Waals surface area contributed by atoms with Gasteiger partial charge in [-0.15, -0.1) is 11.3 Å². The minimum atomic E-state index is -3.31. The van der Waals surface area contributed by atoms with Crippen molar-refractivity contribution in [2.45, 2.75) is 49.9 Å². The third-order valence-electron chi connectivity index (χ3n) is 7.88. The molecule has 0 unspecified atom stereocenters. The molecule has 232 valence electrons. The van der Waals surface area contributed by atoms with E-state index in [2.05, 4.69) is 15.3 Å². The molecule has 4 atom stereocenters. The number of hydroxylamine groups is 2. The first-order valence-corrected chi connectivity index (χ1v) is 14.1. The van der Waals surface area contributed by atoms with Gasteiger partial charge in [0.05, 0.1) is 31.9 Å². The predicted molar refractivity (Wildman–Crippen MR) is 144 cm³/mol. The van der Waals surface area contributed by atoms with Gasteiger partial charge >= 0.3 is 11.9 Å². The molecule has 2 aromatic rings. The molecule has 43 heavy (non-hydrogen) atoms. The number of benzene rings is 1. The van der Waals surface area contributed by atoms with Gasteiger partial charge in [-0.05, 0) is 31.0 Å². The fraction of sp³-hybridized carbons (Fsp3) is 0.481. The number of aliphatic hydroxyl groups is 1. The summed E-state index contributed by atoms with van der Waals surface area (Å²) in [7, 11) is 1.14. The summed E-state index contributed by atoms with van der Waals surface area (Å²) in [5.74, 6) is -7.63. The molecule has 0 aliphatic carbocycles. The predicted octanol–water partition coefficient (Wildman–Crippen LogP) is 2.41. The van der Waals surface area contributed by atoms with E-state index in [1.165, 1.54) is 35.4 Å². The molecule has 1 aromatic heterocycles. The highest BCUT2D eigenvalue weighted by Crippen LogP contribution is 2.42. The van der Waals surface area contributed by atoms with Gasteiger partial charge in [-0.25, -0.2) is 32.1 Å². The molecule has 3 aliphatic rings. The van der Waals surface area contributed by atoms with Crippen molar-refractivity contribution in [1.29, 1.82) is 0 Å². The van der Waals surface area contributed by atoms with Crippen molar-refractivity contribution < 1.29 is 46.9 Å². The van der Waals surface area contributed by atoms with Gasteiger partial charge in [0.15, 0.2) is 28.1 Å². The van der Waals surface area contributed by atoms with E-state index in [1.54, 1.807) is 5.38 Å². The Kier molecular flexibility index (Phi) is 8.34. The second kappa shape index (κ2) is 11.6. The van der Waals surface area contributed by atoms with Gasteiger partial charge in [-0.1, -0.05) is 6.07 Å². The van der Waals surface area contributed by atoms with Crippen molar-refractivity contribution >= 4 is 29.1 Å². The number of methoxy groups -OCH3 is 1. The van der Waals surface area contributed by atoms with Crippen LogP contribution in [0.2, 0.25) is 0 Å². The number of amidine groups is 1. The molecule has 11 nitrogen and oxygen atoms in total. The highest BCUT2D eigenvalue weighted by Gasteiger charge is 2.61. The van der Waals surface area contributed by atoms with Crippen molar-refractivity contribution in [3.63, 3.8) is 0 Å². The summed E-state index contributed by atoms with van der Waals surface area (Å²) in [6.45, 7) is 1.04. The minimum absolute atomic E-state index is 0.0723. The van der Waals surface area contributed by atoms with Crippen LogP contribution in [0.5, 0.6) is 0 Å². The second-order valence-electron chi connectivity index (χ2n) is 10.7. The lowest BCUT2D eigenvalue weighted by atomic mass is 9.92. The molecule has 0 bridgehead atoms. The molecule has 3 N–H and O–H groups in total. The van der Waals surface area contributed by atoms with Crippen LogP contribution >= 0.6 is 11.3 Å². The number of esters is 1. The van der Waals surface area contributed by atoms with E-state index < -0.39 is 59.8 Å². The lowest BCUT2D eigenvalue weighted by Crippen LogP contribution is -2.47. The van der Waals surface area contributed by atoms with Crippen molar-refractivity contribution in [1.82, 2.24) is 20.3 Å². The normalized spacial score (nSPS) is 25.2.